The highest BCUT2D eigenvalue weighted by Crippen LogP contribution is 2.38. The third-order valence-electron chi connectivity index (χ3n) is 2.95. The van der Waals surface area contributed by atoms with Crippen molar-refractivity contribution in [3.63, 3.8) is 0 Å². The second-order valence-electron chi connectivity index (χ2n) is 4.48. The van der Waals surface area contributed by atoms with Gasteiger partial charge in [-0.15, -0.1) is 22.9 Å². The Morgan fingerprint density at radius 1 is 1.14 bits per heavy atom. The Hall–Kier alpha value is -0.710. The van der Waals surface area contributed by atoms with Gasteiger partial charge in [-0.05, 0) is 59.1 Å². The molecule has 0 aliphatic carbocycles. The molecule has 0 saturated heterocycles. The minimum atomic E-state index is 0.448. The molecule has 0 radical (unpaired) electrons. The first-order chi connectivity index (χ1) is 10.2. The van der Waals surface area contributed by atoms with Crippen LogP contribution in [-0.2, 0) is 18.9 Å². The van der Waals surface area contributed by atoms with Gasteiger partial charge in [-0.25, -0.2) is 0 Å². The number of ether oxygens (including phenoxy) is 2. The summed E-state index contributed by atoms with van der Waals surface area (Å²) in [5.41, 5.74) is 1.00. The van der Waals surface area contributed by atoms with Crippen molar-refractivity contribution in [2.24, 2.45) is 0 Å². The molecule has 1 heterocycles. The Morgan fingerprint density at radius 3 is 2.52 bits per heavy atom. The van der Waals surface area contributed by atoms with Crippen LogP contribution >= 0.6 is 38.9 Å². The van der Waals surface area contributed by atoms with Crippen LogP contribution in [0.5, 0.6) is 11.5 Å². The predicted molar refractivity (Wildman–Crippen MR) is 92.9 cm³/mol. The third kappa shape index (κ3) is 4.38. The largest absolute Gasteiger partial charge is 0.490 e. The lowest BCUT2D eigenvalue weighted by Crippen LogP contribution is -2.00. The van der Waals surface area contributed by atoms with Gasteiger partial charge in [0.05, 0.1) is 11.1 Å². The summed E-state index contributed by atoms with van der Waals surface area (Å²) >= 11 is 11.2. The van der Waals surface area contributed by atoms with Gasteiger partial charge in [-0.1, -0.05) is 6.92 Å². The summed E-state index contributed by atoms with van der Waals surface area (Å²) in [5, 5.41) is 0. The molecule has 0 unspecified atom stereocenters. The maximum Gasteiger partial charge on any atom is 0.175 e. The summed E-state index contributed by atoms with van der Waals surface area (Å²) in [7, 11) is 0. The van der Waals surface area contributed by atoms with E-state index < -0.39 is 0 Å². The van der Waals surface area contributed by atoms with Gasteiger partial charge in [0.2, 0.25) is 0 Å². The molecule has 0 aliphatic heterocycles. The Kier molecular flexibility index (Phi) is 6.40. The highest BCUT2D eigenvalue weighted by Gasteiger charge is 2.12. The van der Waals surface area contributed by atoms with E-state index in [1.54, 1.807) is 11.3 Å². The Labute approximate surface area is 143 Å². The Balaban J connectivity index is 2.17. The normalized spacial score (nSPS) is 10.7. The van der Waals surface area contributed by atoms with Gasteiger partial charge in [0.25, 0.3) is 0 Å². The monoisotopic (exact) mass is 388 g/mol. The van der Waals surface area contributed by atoms with Crippen LogP contribution in [0.2, 0.25) is 0 Å². The number of benzene rings is 1. The summed E-state index contributed by atoms with van der Waals surface area (Å²) in [6, 6.07) is 8.17. The van der Waals surface area contributed by atoms with Crippen molar-refractivity contribution in [1.29, 1.82) is 0 Å². The van der Waals surface area contributed by atoms with Crippen LogP contribution in [0.4, 0.5) is 0 Å². The number of thiophene rings is 1. The molecule has 5 heteroatoms. The molecule has 2 rings (SSSR count). The summed E-state index contributed by atoms with van der Waals surface area (Å²) < 4.78 is 12.5. The van der Waals surface area contributed by atoms with Crippen molar-refractivity contribution in [2.45, 2.75) is 32.8 Å². The molecule has 0 amide bonds. The predicted octanol–water partition coefficient (Wildman–Crippen LogP) is 5.79. The zero-order valence-corrected chi connectivity index (χ0v) is 15.3. The quantitative estimate of drug-likeness (QED) is 0.558. The molecule has 1 aromatic carbocycles. The van der Waals surface area contributed by atoms with Gasteiger partial charge in [-0.2, -0.15) is 0 Å². The van der Waals surface area contributed by atoms with E-state index in [9.17, 15) is 0 Å². The molecule has 114 valence electrons. The first-order valence-corrected chi connectivity index (χ1v) is 9.03. The van der Waals surface area contributed by atoms with Gasteiger partial charge in [0.1, 0.15) is 6.61 Å². The molecule has 0 aliphatic rings. The molecule has 21 heavy (non-hydrogen) atoms. The maximum atomic E-state index is 5.96. The van der Waals surface area contributed by atoms with Crippen molar-refractivity contribution in [3.8, 4) is 11.5 Å². The molecule has 2 nitrogen and oxygen atoms in total. The van der Waals surface area contributed by atoms with E-state index in [0.29, 0.717) is 19.1 Å². The molecule has 0 spiro atoms. The van der Waals surface area contributed by atoms with Crippen LogP contribution in [0.15, 0.2) is 28.7 Å². The minimum Gasteiger partial charge on any atom is -0.490 e. The topological polar surface area (TPSA) is 18.5 Å². The molecule has 2 aromatic rings. The summed E-state index contributed by atoms with van der Waals surface area (Å²) in [6.45, 7) is 5.25. The van der Waals surface area contributed by atoms with E-state index in [-0.39, 0.29) is 0 Å². The number of hydrogen-bond donors (Lipinski definition) is 0. The smallest absolute Gasteiger partial charge is 0.175 e. The zero-order valence-electron chi connectivity index (χ0n) is 12.1. The van der Waals surface area contributed by atoms with Crippen molar-refractivity contribution >= 4 is 38.9 Å². The zero-order chi connectivity index (χ0) is 15.2. The van der Waals surface area contributed by atoms with Crippen molar-refractivity contribution in [1.82, 2.24) is 0 Å². The number of halogens is 2. The standard InChI is InChI=1S/C16H18BrClO2S/c1-3-12-5-6-13(21-12)10-20-16-14(17)7-11(9-18)8-15(16)19-4-2/h5-8H,3-4,9-10H2,1-2H3. The number of alkyl halides is 1. The average Bonchev–Trinajstić information content (AvgIpc) is 2.94. The van der Waals surface area contributed by atoms with Crippen molar-refractivity contribution in [3.05, 3.63) is 44.1 Å². The fourth-order valence-electron chi connectivity index (χ4n) is 1.93. The summed E-state index contributed by atoms with van der Waals surface area (Å²) in [4.78, 5) is 2.58. The van der Waals surface area contributed by atoms with E-state index in [1.165, 1.54) is 9.75 Å². The fourth-order valence-corrected chi connectivity index (χ4v) is 3.56. The second-order valence-corrected chi connectivity index (χ2v) is 6.86. The molecule has 0 bridgehead atoms. The number of rotatable bonds is 7. The fraction of sp³-hybridized carbons (Fsp3) is 0.375. The van der Waals surface area contributed by atoms with Crippen LogP contribution in [0.3, 0.4) is 0 Å². The second kappa shape index (κ2) is 8.06. The van der Waals surface area contributed by atoms with Crippen LogP contribution in [0.1, 0.15) is 29.2 Å². The van der Waals surface area contributed by atoms with Gasteiger partial charge in [-0.3, -0.25) is 0 Å². The van der Waals surface area contributed by atoms with E-state index in [2.05, 4.69) is 35.0 Å². The van der Waals surface area contributed by atoms with E-state index in [1.807, 2.05) is 19.1 Å². The average molecular weight is 390 g/mol. The van der Waals surface area contributed by atoms with Crippen LogP contribution in [0.25, 0.3) is 0 Å². The molecular formula is C16H18BrClO2S. The van der Waals surface area contributed by atoms with Gasteiger partial charge < -0.3 is 9.47 Å². The Morgan fingerprint density at radius 2 is 1.90 bits per heavy atom. The maximum absolute atomic E-state index is 5.96. The minimum absolute atomic E-state index is 0.448. The van der Waals surface area contributed by atoms with Crippen LogP contribution in [-0.4, -0.2) is 6.61 Å². The van der Waals surface area contributed by atoms with E-state index in [0.717, 1.165) is 28.0 Å². The van der Waals surface area contributed by atoms with Crippen molar-refractivity contribution < 1.29 is 9.47 Å². The SMILES string of the molecule is CCOc1cc(CCl)cc(Br)c1OCc1ccc(CC)s1. The summed E-state index contributed by atoms with van der Waals surface area (Å²) in [5.74, 6) is 1.91. The first kappa shape index (κ1) is 16.7. The van der Waals surface area contributed by atoms with Gasteiger partial charge in [0.15, 0.2) is 11.5 Å². The highest BCUT2D eigenvalue weighted by atomic mass is 79.9. The van der Waals surface area contributed by atoms with E-state index in [4.69, 9.17) is 21.1 Å². The molecular weight excluding hydrogens is 372 g/mol. The lowest BCUT2D eigenvalue weighted by Gasteiger charge is -2.14. The van der Waals surface area contributed by atoms with Crippen molar-refractivity contribution in [2.75, 3.05) is 6.61 Å². The molecule has 0 N–H and O–H groups in total. The van der Waals surface area contributed by atoms with Crippen LogP contribution in [0, 0.1) is 0 Å². The Bertz CT molecular complexity index is 598. The van der Waals surface area contributed by atoms with Gasteiger partial charge >= 0.3 is 0 Å². The first-order valence-electron chi connectivity index (χ1n) is 6.89. The lowest BCUT2D eigenvalue weighted by atomic mass is 10.2. The molecule has 1 aromatic heterocycles. The lowest BCUT2D eigenvalue weighted by molar-refractivity contribution is 0.269. The van der Waals surface area contributed by atoms with Gasteiger partial charge in [0, 0.05) is 15.6 Å². The molecule has 0 fully saturated rings. The highest BCUT2D eigenvalue weighted by molar-refractivity contribution is 9.10. The number of hydrogen-bond acceptors (Lipinski definition) is 3. The molecule has 0 atom stereocenters. The molecule has 0 saturated carbocycles. The summed E-state index contributed by atoms with van der Waals surface area (Å²) in [6.07, 6.45) is 1.06. The van der Waals surface area contributed by atoms with Crippen LogP contribution < -0.4 is 9.47 Å². The van der Waals surface area contributed by atoms with E-state index >= 15 is 0 Å². The third-order valence-corrected chi connectivity index (χ3v) is 5.05. The number of aryl methyl sites for hydroxylation is 1.